The maximum Gasteiger partial charge on any atom is 0.120 e. The average Bonchev–Trinajstić information content (AvgIpc) is 2.10. The summed E-state index contributed by atoms with van der Waals surface area (Å²) < 4.78 is -0.603. The predicted molar refractivity (Wildman–Crippen MR) is 67.3 cm³/mol. The lowest BCUT2D eigenvalue weighted by atomic mass is 9.79. The third-order valence-electron chi connectivity index (χ3n) is 3.42. The highest BCUT2D eigenvalue weighted by Crippen LogP contribution is 2.46. The topological polar surface area (TPSA) is 0 Å². The Labute approximate surface area is 99.4 Å². The van der Waals surface area contributed by atoms with Crippen LogP contribution in [-0.2, 0) is 0 Å². The van der Waals surface area contributed by atoms with Crippen molar-refractivity contribution in [3.63, 3.8) is 0 Å². The fourth-order valence-electron chi connectivity index (χ4n) is 1.65. The van der Waals surface area contributed by atoms with Crippen molar-refractivity contribution < 1.29 is 0 Å². The summed E-state index contributed by atoms with van der Waals surface area (Å²) in [6.45, 7) is 8.51. The number of alkyl halides is 2. The van der Waals surface area contributed by atoms with Crippen molar-refractivity contribution in [2.24, 2.45) is 5.41 Å². The van der Waals surface area contributed by atoms with Crippen LogP contribution in [0.1, 0.15) is 66.2 Å². The maximum absolute atomic E-state index is 6.22. The molecule has 0 rings (SSSR count). The van der Waals surface area contributed by atoms with Crippen LogP contribution in [0.15, 0.2) is 0 Å². The molecule has 0 saturated heterocycles. The molecule has 0 amide bonds. The third-order valence-corrected chi connectivity index (χ3v) is 4.33. The molecule has 0 aliphatic rings. The first-order valence-corrected chi connectivity index (χ1v) is 6.51. The van der Waals surface area contributed by atoms with Gasteiger partial charge in [0.1, 0.15) is 4.33 Å². The molecular weight excluding hydrogens is 215 g/mol. The first kappa shape index (κ1) is 14.6. The van der Waals surface area contributed by atoms with Crippen LogP contribution in [0.5, 0.6) is 0 Å². The van der Waals surface area contributed by atoms with Crippen LogP contribution in [0.4, 0.5) is 0 Å². The highest BCUT2D eigenvalue weighted by molar-refractivity contribution is 6.48. The van der Waals surface area contributed by atoms with E-state index in [2.05, 4.69) is 20.8 Å². The molecule has 0 fully saturated rings. The normalized spacial score (nSPS) is 16.7. The van der Waals surface area contributed by atoms with E-state index in [9.17, 15) is 0 Å². The number of halogens is 2. The molecule has 2 heteroatoms. The van der Waals surface area contributed by atoms with Gasteiger partial charge in [0.15, 0.2) is 0 Å². The van der Waals surface area contributed by atoms with E-state index in [1.54, 1.807) is 0 Å². The molecule has 0 aromatic rings. The van der Waals surface area contributed by atoms with Gasteiger partial charge in [-0.3, -0.25) is 0 Å². The SMILES string of the molecule is CCCCCCC(C)(CC)C(C)(Cl)Cl. The number of hydrogen-bond donors (Lipinski definition) is 0. The first-order chi connectivity index (χ1) is 6.37. The molecule has 0 saturated carbocycles. The summed E-state index contributed by atoms with van der Waals surface area (Å²) in [6.07, 6.45) is 7.32. The van der Waals surface area contributed by atoms with Gasteiger partial charge in [0.25, 0.3) is 0 Å². The summed E-state index contributed by atoms with van der Waals surface area (Å²) in [5.74, 6) is 0. The van der Waals surface area contributed by atoms with Gasteiger partial charge in [0, 0.05) is 5.41 Å². The summed E-state index contributed by atoms with van der Waals surface area (Å²) in [5, 5.41) is 0. The molecule has 0 nitrogen and oxygen atoms in total. The second-order valence-corrected chi connectivity index (χ2v) is 6.32. The van der Waals surface area contributed by atoms with E-state index in [0.717, 1.165) is 12.8 Å². The molecule has 0 aliphatic heterocycles. The van der Waals surface area contributed by atoms with Gasteiger partial charge in [-0.15, -0.1) is 23.2 Å². The highest BCUT2D eigenvalue weighted by atomic mass is 35.5. The van der Waals surface area contributed by atoms with E-state index >= 15 is 0 Å². The molecule has 0 bridgehead atoms. The molecule has 1 unspecified atom stereocenters. The van der Waals surface area contributed by atoms with Crippen molar-refractivity contribution >= 4 is 23.2 Å². The van der Waals surface area contributed by atoms with Gasteiger partial charge in [-0.25, -0.2) is 0 Å². The van der Waals surface area contributed by atoms with E-state index < -0.39 is 4.33 Å². The fourth-order valence-corrected chi connectivity index (χ4v) is 2.10. The Morgan fingerprint density at radius 1 is 0.929 bits per heavy atom. The molecule has 14 heavy (non-hydrogen) atoms. The van der Waals surface area contributed by atoms with Crippen LogP contribution >= 0.6 is 23.2 Å². The molecule has 0 heterocycles. The largest absolute Gasteiger partial charge is 0.120 e. The lowest BCUT2D eigenvalue weighted by Crippen LogP contribution is -2.33. The smallest absolute Gasteiger partial charge is 0.101 e. The monoisotopic (exact) mass is 238 g/mol. The first-order valence-electron chi connectivity index (χ1n) is 5.75. The maximum atomic E-state index is 6.22. The molecule has 0 aromatic heterocycles. The van der Waals surface area contributed by atoms with E-state index in [0.29, 0.717) is 0 Å². The van der Waals surface area contributed by atoms with Crippen molar-refractivity contribution in [1.29, 1.82) is 0 Å². The molecular formula is C12H24Cl2. The summed E-state index contributed by atoms with van der Waals surface area (Å²) in [4.78, 5) is 0. The zero-order chi connectivity index (χ0) is 11.2. The van der Waals surface area contributed by atoms with E-state index in [-0.39, 0.29) is 5.41 Å². The standard InChI is InChI=1S/C12H24Cl2/c1-5-7-8-9-10-11(3,6-2)12(4,13)14/h5-10H2,1-4H3. The van der Waals surface area contributed by atoms with E-state index in [4.69, 9.17) is 23.2 Å². The van der Waals surface area contributed by atoms with Gasteiger partial charge in [-0.1, -0.05) is 46.5 Å². The Kier molecular flexibility index (Phi) is 6.48. The van der Waals surface area contributed by atoms with Gasteiger partial charge in [-0.05, 0) is 19.8 Å². The lowest BCUT2D eigenvalue weighted by Gasteiger charge is -2.37. The summed E-state index contributed by atoms with van der Waals surface area (Å²) in [6, 6.07) is 0. The van der Waals surface area contributed by atoms with Gasteiger partial charge in [-0.2, -0.15) is 0 Å². The summed E-state index contributed by atoms with van der Waals surface area (Å²) >= 11 is 12.4. The van der Waals surface area contributed by atoms with Gasteiger partial charge < -0.3 is 0 Å². The molecule has 0 N–H and O–H groups in total. The number of unbranched alkanes of at least 4 members (excludes halogenated alkanes) is 3. The van der Waals surface area contributed by atoms with Crippen LogP contribution in [0, 0.1) is 5.41 Å². The van der Waals surface area contributed by atoms with Crippen molar-refractivity contribution in [3.8, 4) is 0 Å². The average molecular weight is 239 g/mol. The second kappa shape index (κ2) is 6.23. The minimum absolute atomic E-state index is 0.0594. The highest BCUT2D eigenvalue weighted by Gasteiger charge is 2.39. The second-order valence-electron chi connectivity index (χ2n) is 4.61. The zero-order valence-electron chi connectivity index (χ0n) is 10.00. The molecule has 1 atom stereocenters. The van der Waals surface area contributed by atoms with E-state index in [1.165, 1.54) is 25.7 Å². The molecule has 0 aromatic carbocycles. The molecule has 0 spiro atoms. The van der Waals surface area contributed by atoms with Gasteiger partial charge in [0.05, 0.1) is 0 Å². The van der Waals surface area contributed by atoms with Crippen molar-refractivity contribution in [1.82, 2.24) is 0 Å². The Morgan fingerprint density at radius 2 is 1.50 bits per heavy atom. The van der Waals surface area contributed by atoms with Crippen LogP contribution in [0.3, 0.4) is 0 Å². The molecule has 0 aliphatic carbocycles. The zero-order valence-corrected chi connectivity index (χ0v) is 11.5. The summed E-state index contributed by atoms with van der Waals surface area (Å²) in [5.41, 5.74) is 0.0594. The van der Waals surface area contributed by atoms with Crippen molar-refractivity contribution in [2.45, 2.75) is 70.6 Å². The van der Waals surface area contributed by atoms with Gasteiger partial charge >= 0.3 is 0 Å². The fraction of sp³-hybridized carbons (Fsp3) is 1.00. The minimum atomic E-state index is -0.603. The minimum Gasteiger partial charge on any atom is -0.101 e. The summed E-state index contributed by atoms with van der Waals surface area (Å²) in [7, 11) is 0. The Balaban J connectivity index is 4.01. The Bertz CT molecular complexity index is 149. The predicted octanol–water partition coefficient (Wildman–Crippen LogP) is 5.57. The third kappa shape index (κ3) is 4.40. The van der Waals surface area contributed by atoms with Crippen LogP contribution in [0.25, 0.3) is 0 Å². The quantitative estimate of drug-likeness (QED) is 0.402. The number of rotatable bonds is 7. The number of hydrogen-bond acceptors (Lipinski definition) is 0. The molecule has 0 radical (unpaired) electrons. The van der Waals surface area contributed by atoms with Crippen LogP contribution in [0.2, 0.25) is 0 Å². The lowest BCUT2D eigenvalue weighted by molar-refractivity contribution is 0.245. The van der Waals surface area contributed by atoms with Crippen LogP contribution < -0.4 is 0 Å². The van der Waals surface area contributed by atoms with E-state index in [1.807, 2.05) is 6.92 Å². The molecule has 86 valence electrons. The van der Waals surface area contributed by atoms with Crippen molar-refractivity contribution in [3.05, 3.63) is 0 Å². The van der Waals surface area contributed by atoms with Crippen LogP contribution in [-0.4, -0.2) is 4.33 Å². The van der Waals surface area contributed by atoms with Gasteiger partial charge in [0.2, 0.25) is 0 Å². The Hall–Kier alpha value is 0.580. The van der Waals surface area contributed by atoms with Crippen molar-refractivity contribution in [2.75, 3.05) is 0 Å². The Morgan fingerprint density at radius 3 is 1.86 bits per heavy atom.